The van der Waals surface area contributed by atoms with Crippen LogP contribution in [0, 0.1) is 0 Å². The van der Waals surface area contributed by atoms with Crippen LogP contribution < -0.4 is 11.1 Å². The van der Waals surface area contributed by atoms with Crippen molar-refractivity contribution in [3.8, 4) is 11.3 Å². The smallest absolute Gasteiger partial charge is 0.256 e. The SMILES string of the molecule is CN1CC[C@@H](c2nc(-c3ccc(C(=O)Nc4ccccn4)cc3)c3c(N)nccn23)C1. The highest BCUT2D eigenvalue weighted by Crippen LogP contribution is 2.33. The average Bonchev–Trinajstić information content (AvgIpc) is 3.39. The van der Waals surface area contributed by atoms with E-state index in [2.05, 4.69) is 31.6 Å². The Bertz CT molecular complexity index is 1230. The van der Waals surface area contributed by atoms with Crippen molar-refractivity contribution in [1.29, 1.82) is 0 Å². The van der Waals surface area contributed by atoms with Crippen LogP contribution in [0.25, 0.3) is 16.8 Å². The Hall–Kier alpha value is -3.78. The Balaban J connectivity index is 1.49. The van der Waals surface area contributed by atoms with Crippen molar-refractivity contribution in [1.82, 2.24) is 24.3 Å². The van der Waals surface area contributed by atoms with Crippen molar-refractivity contribution in [2.75, 3.05) is 31.2 Å². The molecule has 1 atom stereocenters. The number of likely N-dealkylation sites (N-methyl/N-ethyl adjacent to an activating group) is 1. The second kappa shape index (κ2) is 7.81. The molecule has 0 radical (unpaired) electrons. The van der Waals surface area contributed by atoms with Gasteiger partial charge in [0.25, 0.3) is 5.91 Å². The fourth-order valence-corrected chi connectivity index (χ4v) is 4.13. The second-order valence-corrected chi connectivity index (χ2v) is 7.84. The van der Waals surface area contributed by atoms with E-state index in [1.807, 2.05) is 24.4 Å². The monoisotopic (exact) mass is 413 g/mol. The van der Waals surface area contributed by atoms with Crippen molar-refractivity contribution in [3.05, 3.63) is 72.4 Å². The molecule has 4 heterocycles. The van der Waals surface area contributed by atoms with Gasteiger partial charge in [-0.25, -0.2) is 15.0 Å². The maximum Gasteiger partial charge on any atom is 0.256 e. The lowest BCUT2D eigenvalue weighted by Gasteiger charge is -2.09. The Morgan fingerprint density at radius 3 is 2.68 bits per heavy atom. The highest BCUT2D eigenvalue weighted by Gasteiger charge is 2.27. The topological polar surface area (TPSA) is 101 Å². The summed E-state index contributed by atoms with van der Waals surface area (Å²) >= 11 is 0. The van der Waals surface area contributed by atoms with Crippen molar-refractivity contribution in [2.45, 2.75) is 12.3 Å². The van der Waals surface area contributed by atoms with Gasteiger partial charge in [0, 0.05) is 42.2 Å². The molecule has 8 nitrogen and oxygen atoms in total. The summed E-state index contributed by atoms with van der Waals surface area (Å²) in [6, 6.07) is 12.7. The molecule has 4 aromatic rings. The molecule has 1 amide bonds. The summed E-state index contributed by atoms with van der Waals surface area (Å²) in [6.45, 7) is 2.02. The minimum absolute atomic E-state index is 0.212. The van der Waals surface area contributed by atoms with Gasteiger partial charge in [-0.2, -0.15) is 0 Å². The van der Waals surface area contributed by atoms with Crippen LogP contribution in [-0.4, -0.2) is 50.3 Å². The molecule has 3 N–H and O–H groups in total. The first-order valence-corrected chi connectivity index (χ1v) is 10.2. The third-order valence-corrected chi connectivity index (χ3v) is 5.69. The van der Waals surface area contributed by atoms with E-state index in [0.29, 0.717) is 23.1 Å². The van der Waals surface area contributed by atoms with E-state index >= 15 is 0 Å². The number of nitrogens with two attached hydrogens (primary N) is 1. The van der Waals surface area contributed by atoms with E-state index in [1.54, 1.807) is 36.7 Å². The van der Waals surface area contributed by atoms with Gasteiger partial charge in [0.2, 0.25) is 0 Å². The average molecular weight is 413 g/mol. The van der Waals surface area contributed by atoms with E-state index in [4.69, 9.17) is 10.7 Å². The number of hydrogen-bond acceptors (Lipinski definition) is 6. The second-order valence-electron chi connectivity index (χ2n) is 7.84. The van der Waals surface area contributed by atoms with Crippen molar-refractivity contribution >= 4 is 23.1 Å². The van der Waals surface area contributed by atoms with Gasteiger partial charge in [-0.15, -0.1) is 0 Å². The number of likely N-dealkylation sites (tertiary alicyclic amines) is 1. The van der Waals surface area contributed by atoms with Crippen molar-refractivity contribution in [3.63, 3.8) is 0 Å². The predicted molar refractivity (Wildman–Crippen MR) is 120 cm³/mol. The maximum absolute atomic E-state index is 12.5. The summed E-state index contributed by atoms with van der Waals surface area (Å²) in [5.74, 6) is 2.09. The molecule has 0 aliphatic carbocycles. The van der Waals surface area contributed by atoms with Gasteiger partial charge in [-0.3, -0.25) is 9.20 Å². The van der Waals surface area contributed by atoms with Crippen LogP contribution in [0.5, 0.6) is 0 Å². The summed E-state index contributed by atoms with van der Waals surface area (Å²) in [4.78, 5) is 28.2. The standard InChI is InChI=1S/C23H23N7O/c1-29-12-9-17(14-29)22-28-19(20-21(24)26-11-13-30(20)22)15-5-7-16(8-6-15)23(31)27-18-4-2-3-10-25-18/h2-8,10-11,13,17H,9,12,14H2,1H3,(H2,24,26)(H,25,27,31)/t17-/m1/s1. The summed E-state index contributed by atoms with van der Waals surface area (Å²) in [5, 5.41) is 2.80. The molecule has 1 aliphatic heterocycles. The van der Waals surface area contributed by atoms with Crippen LogP contribution in [0.1, 0.15) is 28.5 Å². The predicted octanol–water partition coefficient (Wildman–Crippen LogP) is 3.04. The number of carbonyl (C=O) groups excluding carboxylic acids is 1. The molecule has 1 aromatic carbocycles. The number of aromatic nitrogens is 4. The largest absolute Gasteiger partial charge is 0.382 e. The summed E-state index contributed by atoms with van der Waals surface area (Å²) in [5.41, 5.74) is 9.27. The number of rotatable bonds is 4. The highest BCUT2D eigenvalue weighted by atomic mass is 16.1. The minimum atomic E-state index is -0.212. The van der Waals surface area contributed by atoms with E-state index in [1.165, 1.54) is 0 Å². The third kappa shape index (κ3) is 3.62. The van der Waals surface area contributed by atoms with Crippen LogP contribution in [-0.2, 0) is 0 Å². The van der Waals surface area contributed by atoms with Crippen LogP contribution in [0.15, 0.2) is 61.1 Å². The lowest BCUT2D eigenvalue weighted by Crippen LogP contribution is -2.14. The number of nitrogens with one attached hydrogen (secondary N) is 1. The molecule has 3 aromatic heterocycles. The van der Waals surface area contributed by atoms with Gasteiger partial charge >= 0.3 is 0 Å². The molecular weight excluding hydrogens is 390 g/mol. The van der Waals surface area contributed by atoms with E-state index in [-0.39, 0.29) is 5.91 Å². The number of nitrogens with zero attached hydrogens (tertiary/aromatic N) is 5. The number of hydrogen-bond donors (Lipinski definition) is 2. The van der Waals surface area contributed by atoms with Crippen LogP contribution in [0.2, 0.25) is 0 Å². The Morgan fingerprint density at radius 2 is 1.97 bits per heavy atom. The number of benzene rings is 1. The minimum Gasteiger partial charge on any atom is -0.382 e. The molecule has 0 spiro atoms. The molecule has 156 valence electrons. The van der Waals surface area contributed by atoms with Gasteiger partial charge in [0.15, 0.2) is 0 Å². The number of carbonyl (C=O) groups is 1. The van der Waals surface area contributed by atoms with Gasteiger partial charge < -0.3 is 16.0 Å². The van der Waals surface area contributed by atoms with Crippen molar-refractivity contribution < 1.29 is 4.79 Å². The number of anilines is 2. The molecular formula is C23H23N7O. The molecule has 0 bridgehead atoms. The van der Waals surface area contributed by atoms with Crippen LogP contribution in [0.4, 0.5) is 11.6 Å². The third-order valence-electron chi connectivity index (χ3n) is 5.69. The summed E-state index contributed by atoms with van der Waals surface area (Å²) in [7, 11) is 2.13. The zero-order chi connectivity index (χ0) is 21.4. The van der Waals surface area contributed by atoms with Gasteiger partial charge in [0.05, 0.1) is 0 Å². The molecule has 1 fully saturated rings. The Morgan fingerprint density at radius 1 is 1.13 bits per heavy atom. The number of fused-ring (bicyclic) bond motifs is 1. The normalized spacial score (nSPS) is 16.6. The van der Waals surface area contributed by atoms with Crippen molar-refractivity contribution in [2.24, 2.45) is 0 Å². The number of nitrogen functional groups attached to an aromatic ring is 1. The van der Waals surface area contributed by atoms with Gasteiger partial charge in [-0.1, -0.05) is 18.2 Å². The zero-order valence-electron chi connectivity index (χ0n) is 17.2. The zero-order valence-corrected chi connectivity index (χ0v) is 17.2. The van der Waals surface area contributed by atoms with E-state index < -0.39 is 0 Å². The molecule has 8 heteroatoms. The van der Waals surface area contributed by atoms with Gasteiger partial charge in [-0.05, 0) is 44.3 Å². The number of amides is 1. The molecule has 31 heavy (non-hydrogen) atoms. The number of imidazole rings is 1. The highest BCUT2D eigenvalue weighted by molar-refractivity contribution is 6.04. The van der Waals surface area contributed by atoms with Crippen LogP contribution in [0.3, 0.4) is 0 Å². The first-order chi connectivity index (χ1) is 15.1. The van der Waals surface area contributed by atoms with E-state index in [0.717, 1.165) is 42.1 Å². The molecule has 1 aliphatic rings. The fourth-order valence-electron chi connectivity index (χ4n) is 4.13. The fraction of sp³-hybridized carbons (Fsp3) is 0.217. The quantitative estimate of drug-likeness (QED) is 0.533. The Labute approximate surface area is 179 Å². The number of pyridine rings is 1. The first kappa shape index (κ1) is 19.2. The van der Waals surface area contributed by atoms with Crippen LogP contribution >= 0.6 is 0 Å². The summed E-state index contributed by atoms with van der Waals surface area (Å²) < 4.78 is 2.06. The van der Waals surface area contributed by atoms with E-state index in [9.17, 15) is 4.79 Å². The summed E-state index contributed by atoms with van der Waals surface area (Å²) in [6.07, 6.45) is 6.33. The Kier molecular flexibility index (Phi) is 4.83. The molecule has 0 unspecified atom stereocenters. The maximum atomic E-state index is 12.5. The van der Waals surface area contributed by atoms with Gasteiger partial charge in [0.1, 0.15) is 28.7 Å². The lowest BCUT2D eigenvalue weighted by molar-refractivity contribution is 0.102. The molecule has 0 saturated carbocycles. The molecule has 1 saturated heterocycles. The molecule has 5 rings (SSSR count). The lowest BCUT2D eigenvalue weighted by atomic mass is 10.1. The first-order valence-electron chi connectivity index (χ1n) is 10.2.